The Bertz CT molecular complexity index is 1160. The third-order valence-corrected chi connectivity index (χ3v) is 6.28. The number of benzene rings is 1. The number of nitrogens with one attached hydrogen (secondary N) is 1. The zero-order valence-corrected chi connectivity index (χ0v) is 21.6. The SMILES string of the molecule is CCOC(=O)CC[C@H](NC(=O)c1ccc(CCC2CCc3nc(N)nc(N)c3N2C=O)cc1)C(=O)OCC. The van der Waals surface area contributed by atoms with E-state index in [1.165, 1.54) is 0 Å². The van der Waals surface area contributed by atoms with Gasteiger partial charge >= 0.3 is 11.9 Å². The predicted octanol–water partition coefficient (Wildman–Crippen LogP) is 1.56. The number of hydrogen-bond acceptors (Lipinski definition) is 10. The number of rotatable bonds is 12. The second kappa shape index (κ2) is 13.4. The molecule has 0 fully saturated rings. The normalized spacial score (nSPS) is 15.2. The molecule has 0 saturated carbocycles. The highest BCUT2D eigenvalue weighted by Crippen LogP contribution is 2.34. The third kappa shape index (κ3) is 7.17. The number of anilines is 3. The number of amides is 2. The van der Waals surface area contributed by atoms with Crippen molar-refractivity contribution in [1.29, 1.82) is 0 Å². The third-order valence-electron chi connectivity index (χ3n) is 6.28. The summed E-state index contributed by atoms with van der Waals surface area (Å²) in [6, 6.07) is 5.94. The number of ether oxygens (including phenoxy) is 2. The number of esters is 2. The molecule has 0 bridgehead atoms. The maximum Gasteiger partial charge on any atom is 0.328 e. The smallest absolute Gasteiger partial charge is 0.328 e. The molecule has 204 valence electrons. The van der Waals surface area contributed by atoms with Crippen molar-refractivity contribution in [3.63, 3.8) is 0 Å². The standard InChI is InChI=1S/C26H34N6O6/c1-3-37-21(34)14-13-20(25(36)38-4-2)29-24(35)17-8-5-16(6-9-17)7-10-18-11-12-19-22(32(18)15-33)23(27)31-26(28)30-19/h5-6,8-9,15,18,20H,3-4,7,10-14H2,1-2H3,(H,29,35)(H4,27,28,30,31)/t18?,20-/m0/s1. The van der Waals surface area contributed by atoms with Crippen LogP contribution in [0.2, 0.25) is 0 Å². The molecular weight excluding hydrogens is 492 g/mol. The molecule has 0 radical (unpaired) electrons. The highest BCUT2D eigenvalue weighted by Gasteiger charge is 2.30. The van der Waals surface area contributed by atoms with Crippen LogP contribution in [0.1, 0.15) is 61.1 Å². The first-order valence-corrected chi connectivity index (χ1v) is 12.6. The fourth-order valence-electron chi connectivity index (χ4n) is 4.43. The van der Waals surface area contributed by atoms with Crippen LogP contribution in [0.5, 0.6) is 0 Å². The van der Waals surface area contributed by atoms with Crippen molar-refractivity contribution in [1.82, 2.24) is 15.3 Å². The van der Waals surface area contributed by atoms with Crippen molar-refractivity contribution in [2.45, 2.75) is 64.5 Å². The molecule has 0 aliphatic carbocycles. The number of aromatic nitrogens is 2. The minimum atomic E-state index is -0.971. The Balaban J connectivity index is 1.60. The lowest BCUT2D eigenvalue weighted by atomic mass is 9.94. The van der Waals surface area contributed by atoms with E-state index in [2.05, 4.69) is 15.3 Å². The van der Waals surface area contributed by atoms with Gasteiger partial charge in [0.1, 0.15) is 11.7 Å². The Morgan fingerprint density at radius 1 is 1.13 bits per heavy atom. The van der Waals surface area contributed by atoms with Crippen LogP contribution in [-0.2, 0) is 36.7 Å². The van der Waals surface area contributed by atoms with Crippen molar-refractivity contribution in [2.75, 3.05) is 29.6 Å². The van der Waals surface area contributed by atoms with Gasteiger partial charge in [-0.3, -0.25) is 14.4 Å². The van der Waals surface area contributed by atoms with Gasteiger partial charge in [0.05, 0.1) is 18.9 Å². The summed E-state index contributed by atoms with van der Waals surface area (Å²) in [5, 5.41) is 2.65. The summed E-state index contributed by atoms with van der Waals surface area (Å²) in [5.41, 5.74) is 14.2. The Labute approximate surface area is 221 Å². The maximum absolute atomic E-state index is 12.8. The van der Waals surface area contributed by atoms with E-state index in [1.54, 1.807) is 30.9 Å². The van der Waals surface area contributed by atoms with Crippen LogP contribution in [0.3, 0.4) is 0 Å². The molecule has 38 heavy (non-hydrogen) atoms. The van der Waals surface area contributed by atoms with Crippen LogP contribution in [-0.4, -0.2) is 59.5 Å². The van der Waals surface area contributed by atoms with Gasteiger partial charge in [-0.1, -0.05) is 12.1 Å². The maximum atomic E-state index is 12.8. The fraction of sp³-hybridized carbons (Fsp3) is 0.462. The van der Waals surface area contributed by atoms with E-state index in [9.17, 15) is 19.2 Å². The van der Waals surface area contributed by atoms with Crippen LogP contribution in [0, 0.1) is 0 Å². The highest BCUT2D eigenvalue weighted by molar-refractivity contribution is 5.97. The number of carbonyl (C=O) groups is 4. The van der Waals surface area contributed by atoms with Crippen molar-refractivity contribution in [3.05, 3.63) is 41.1 Å². The fourth-order valence-corrected chi connectivity index (χ4v) is 4.43. The van der Waals surface area contributed by atoms with Gasteiger partial charge in [-0.25, -0.2) is 9.78 Å². The van der Waals surface area contributed by atoms with E-state index in [4.69, 9.17) is 20.9 Å². The quantitative estimate of drug-likeness (QED) is 0.271. The predicted molar refractivity (Wildman–Crippen MR) is 140 cm³/mol. The van der Waals surface area contributed by atoms with Gasteiger partial charge in [0.25, 0.3) is 5.91 Å². The molecule has 0 spiro atoms. The second-order valence-electron chi connectivity index (χ2n) is 8.82. The summed E-state index contributed by atoms with van der Waals surface area (Å²) in [4.78, 5) is 58.4. The molecule has 2 heterocycles. The molecule has 2 amide bonds. The van der Waals surface area contributed by atoms with Gasteiger partial charge in [-0.15, -0.1) is 0 Å². The van der Waals surface area contributed by atoms with E-state index in [-0.39, 0.29) is 43.9 Å². The number of aryl methyl sites for hydroxylation is 2. The van der Waals surface area contributed by atoms with E-state index >= 15 is 0 Å². The average Bonchev–Trinajstić information content (AvgIpc) is 2.89. The van der Waals surface area contributed by atoms with Gasteiger partial charge in [0.2, 0.25) is 12.4 Å². The number of nitrogen functional groups attached to an aromatic ring is 2. The minimum Gasteiger partial charge on any atom is -0.466 e. The summed E-state index contributed by atoms with van der Waals surface area (Å²) in [5.74, 6) is -1.24. The van der Waals surface area contributed by atoms with E-state index < -0.39 is 23.9 Å². The number of carbonyl (C=O) groups excluding carboxylic acids is 4. The molecule has 5 N–H and O–H groups in total. The van der Waals surface area contributed by atoms with Crippen LogP contribution in [0.25, 0.3) is 0 Å². The lowest BCUT2D eigenvalue weighted by Gasteiger charge is -2.34. The van der Waals surface area contributed by atoms with Crippen molar-refractivity contribution >= 4 is 41.7 Å². The zero-order chi connectivity index (χ0) is 27.7. The van der Waals surface area contributed by atoms with Crippen molar-refractivity contribution in [2.24, 2.45) is 0 Å². The molecule has 12 heteroatoms. The Hall–Kier alpha value is -4.22. The highest BCUT2D eigenvalue weighted by atomic mass is 16.5. The van der Waals surface area contributed by atoms with Gasteiger partial charge in [-0.2, -0.15) is 4.98 Å². The Kier molecular flexibility index (Phi) is 9.97. The zero-order valence-electron chi connectivity index (χ0n) is 21.6. The first-order valence-electron chi connectivity index (χ1n) is 12.6. The van der Waals surface area contributed by atoms with Crippen LogP contribution >= 0.6 is 0 Å². The molecule has 0 saturated heterocycles. The first kappa shape index (κ1) is 28.4. The van der Waals surface area contributed by atoms with Gasteiger partial charge in [0.15, 0.2) is 5.82 Å². The molecule has 12 nitrogen and oxygen atoms in total. The van der Waals surface area contributed by atoms with E-state index in [0.29, 0.717) is 42.6 Å². The summed E-state index contributed by atoms with van der Waals surface area (Å²) in [6.07, 6.45) is 3.47. The number of nitrogens with zero attached hydrogens (tertiary/aromatic N) is 3. The molecule has 3 rings (SSSR count). The average molecular weight is 527 g/mol. The lowest BCUT2D eigenvalue weighted by molar-refractivity contribution is -0.146. The molecule has 1 aromatic carbocycles. The summed E-state index contributed by atoms with van der Waals surface area (Å²) in [7, 11) is 0. The van der Waals surface area contributed by atoms with Crippen LogP contribution < -0.4 is 21.7 Å². The molecule has 1 aliphatic rings. The summed E-state index contributed by atoms with van der Waals surface area (Å²) in [6.45, 7) is 3.75. The number of nitrogens with two attached hydrogens (primary N) is 2. The monoisotopic (exact) mass is 526 g/mol. The largest absolute Gasteiger partial charge is 0.466 e. The molecule has 2 aromatic rings. The Morgan fingerprint density at radius 2 is 1.84 bits per heavy atom. The lowest BCUT2D eigenvalue weighted by Crippen LogP contribution is -2.42. The van der Waals surface area contributed by atoms with Gasteiger partial charge < -0.3 is 31.2 Å². The minimum absolute atomic E-state index is 0.0227. The number of hydrogen-bond donors (Lipinski definition) is 3. The Morgan fingerprint density at radius 3 is 2.50 bits per heavy atom. The van der Waals surface area contributed by atoms with Crippen molar-refractivity contribution < 1.29 is 28.7 Å². The molecule has 2 atom stereocenters. The van der Waals surface area contributed by atoms with Crippen molar-refractivity contribution in [3.8, 4) is 0 Å². The number of fused-ring (bicyclic) bond motifs is 1. The van der Waals surface area contributed by atoms with Gasteiger partial charge in [-0.05, 0) is 63.6 Å². The second-order valence-corrected chi connectivity index (χ2v) is 8.82. The topological polar surface area (TPSA) is 180 Å². The van der Waals surface area contributed by atoms with E-state index in [1.807, 2.05) is 12.1 Å². The van der Waals surface area contributed by atoms with Gasteiger partial charge in [0, 0.05) is 18.0 Å². The summed E-state index contributed by atoms with van der Waals surface area (Å²) < 4.78 is 9.94. The molecule has 1 aromatic heterocycles. The first-order chi connectivity index (χ1) is 18.3. The molecule has 1 aliphatic heterocycles. The molecule has 1 unspecified atom stereocenters. The van der Waals surface area contributed by atoms with Crippen LogP contribution in [0.15, 0.2) is 24.3 Å². The summed E-state index contributed by atoms with van der Waals surface area (Å²) >= 11 is 0. The van der Waals surface area contributed by atoms with Crippen LogP contribution in [0.4, 0.5) is 17.5 Å². The van der Waals surface area contributed by atoms with E-state index in [0.717, 1.165) is 12.0 Å². The molecular formula is C26H34N6O6.